The highest BCUT2D eigenvalue weighted by atomic mass is 35.5. The molecule has 0 fully saturated rings. The maximum absolute atomic E-state index is 2.08. The molecule has 0 spiro atoms. The van der Waals surface area contributed by atoms with E-state index in [2.05, 4.69) is 21.1 Å². The fourth-order valence-electron chi connectivity index (χ4n) is 0. The van der Waals surface area contributed by atoms with Gasteiger partial charge in [0.25, 0.3) is 0 Å². The van der Waals surface area contributed by atoms with E-state index in [-0.39, 0.29) is 37.2 Å². The van der Waals surface area contributed by atoms with Crippen molar-refractivity contribution in [1.82, 2.24) is 0 Å². The summed E-state index contributed by atoms with van der Waals surface area (Å²) >= 11 is 0. The SMILES string of the molecule is C[NH+](C)C.Cl.Cl.[Cl-]. The van der Waals surface area contributed by atoms with Crippen molar-refractivity contribution >= 4 is 24.8 Å². The smallest absolute Gasteiger partial charge is 0.0661 e. The van der Waals surface area contributed by atoms with Gasteiger partial charge in [-0.25, -0.2) is 0 Å². The Morgan fingerprint density at radius 3 is 0.857 bits per heavy atom. The van der Waals surface area contributed by atoms with Crippen molar-refractivity contribution in [2.75, 3.05) is 21.1 Å². The first-order valence-corrected chi connectivity index (χ1v) is 1.50. The molecule has 0 rings (SSSR count). The van der Waals surface area contributed by atoms with E-state index in [4.69, 9.17) is 0 Å². The first-order valence-electron chi connectivity index (χ1n) is 1.50. The molecule has 0 saturated heterocycles. The lowest BCUT2D eigenvalue weighted by Crippen LogP contribution is -3.02. The second kappa shape index (κ2) is 15.8. The van der Waals surface area contributed by atoms with Gasteiger partial charge in [-0.2, -0.15) is 0 Å². The van der Waals surface area contributed by atoms with Crippen LogP contribution < -0.4 is 17.3 Å². The normalized spacial score (nSPS) is 5.14. The molecule has 0 bridgehead atoms. The lowest BCUT2D eigenvalue weighted by Gasteiger charge is -1.88. The third-order valence-corrected chi connectivity index (χ3v) is 0. The Kier molecular flexibility index (Phi) is 56.3. The highest BCUT2D eigenvalue weighted by Gasteiger charge is 1.61. The molecule has 0 aliphatic carbocycles. The molecule has 0 atom stereocenters. The Hall–Kier alpha value is 0.830. The zero-order valence-corrected chi connectivity index (χ0v) is 7.08. The van der Waals surface area contributed by atoms with Gasteiger partial charge in [0, 0.05) is 0 Å². The quantitative estimate of drug-likeness (QED) is 0.385. The molecular weight excluding hydrogens is 156 g/mol. The van der Waals surface area contributed by atoms with Crippen LogP contribution >= 0.6 is 24.8 Å². The van der Waals surface area contributed by atoms with Crippen molar-refractivity contribution in [3.8, 4) is 0 Å². The Bertz CT molecular complexity index is 14.9. The lowest BCUT2D eigenvalue weighted by molar-refractivity contribution is -0.836. The third kappa shape index (κ3) is 231. The predicted molar refractivity (Wildman–Crippen MR) is 33.2 cm³/mol. The van der Waals surface area contributed by atoms with Gasteiger partial charge in [0.1, 0.15) is 0 Å². The summed E-state index contributed by atoms with van der Waals surface area (Å²) in [5.74, 6) is 0. The van der Waals surface area contributed by atoms with Crippen molar-refractivity contribution < 1.29 is 17.3 Å². The Morgan fingerprint density at radius 2 is 0.857 bits per heavy atom. The monoisotopic (exact) mass is 167 g/mol. The Morgan fingerprint density at radius 1 is 0.857 bits per heavy atom. The first kappa shape index (κ1) is 24.9. The molecule has 0 radical (unpaired) electrons. The fraction of sp³-hybridized carbons (Fsp3) is 1.00. The molecule has 0 aromatic carbocycles. The summed E-state index contributed by atoms with van der Waals surface area (Å²) in [5.41, 5.74) is 0. The maximum atomic E-state index is 2.08. The van der Waals surface area contributed by atoms with E-state index in [0.29, 0.717) is 0 Å². The minimum absolute atomic E-state index is 0. The van der Waals surface area contributed by atoms with Crippen LogP contribution in [0.4, 0.5) is 0 Å². The van der Waals surface area contributed by atoms with E-state index < -0.39 is 0 Å². The molecule has 0 heterocycles. The average molecular weight is 168 g/mol. The second-order valence-corrected chi connectivity index (χ2v) is 1.50. The van der Waals surface area contributed by atoms with Crippen LogP contribution in [0.5, 0.6) is 0 Å². The first-order chi connectivity index (χ1) is 1.73. The van der Waals surface area contributed by atoms with E-state index >= 15 is 0 Å². The molecule has 0 unspecified atom stereocenters. The van der Waals surface area contributed by atoms with Crippen LogP contribution in [0.25, 0.3) is 0 Å². The number of hydrogen-bond acceptors (Lipinski definition) is 0. The summed E-state index contributed by atoms with van der Waals surface area (Å²) in [6.45, 7) is 0. The molecule has 50 valence electrons. The predicted octanol–water partition coefficient (Wildman–Crippen LogP) is -3.39. The molecule has 7 heavy (non-hydrogen) atoms. The van der Waals surface area contributed by atoms with Gasteiger partial charge in [-0.15, -0.1) is 24.8 Å². The van der Waals surface area contributed by atoms with Gasteiger partial charge >= 0.3 is 0 Å². The summed E-state index contributed by atoms with van der Waals surface area (Å²) in [7, 11) is 6.25. The Balaban J connectivity index is -0.0000000150. The van der Waals surface area contributed by atoms with E-state index in [9.17, 15) is 0 Å². The molecule has 0 amide bonds. The van der Waals surface area contributed by atoms with Gasteiger partial charge in [0.05, 0.1) is 21.1 Å². The average Bonchev–Trinajstić information content (AvgIpc) is 0.811. The molecule has 4 heteroatoms. The van der Waals surface area contributed by atoms with Gasteiger partial charge in [-0.1, -0.05) is 0 Å². The van der Waals surface area contributed by atoms with Gasteiger partial charge in [0.15, 0.2) is 0 Å². The van der Waals surface area contributed by atoms with Crippen LogP contribution in [0.15, 0.2) is 0 Å². The van der Waals surface area contributed by atoms with Crippen molar-refractivity contribution in [3.63, 3.8) is 0 Å². The van der Waals surface area contributed by atoms with Crippen molar-refractivity contribution in [2.45, 2.75) is 0 Å². The van der Waals surface area contributed by atoms with E-state index in [0.717, 1.165) is 0 Å². The highest BCUT2D eigenvalue weighted by molar-refractivity contribution is 5.85. The topological polar surface area (TPSA) is 4.44 Å². The van der Waals surface area contributed by atoms with Crippen molar-refractivity contribution in [2.24, 2.45) is 0 Å². The number of nitrogens with one attached hydrogen (secondary N) is 1. The lowest BCUT2D eigenvalue weighted by atomic mass is 11.0. The number of halogens is 3. The standard InChI is InChI=1S/C3H9N.3ClH/c1-4(2)3;;;/h1-3H3;3*1H. The molecule has 1 N–H and O–H groups in total. The summed E-state index contributed by atoms with van der Waals surface area (Å²) in [6, 6.07) is 0. The van der Waals surface area contributed by atoms with Crippen LogP contribution in [0.3, 0.4) is 0 Å². The van der Waals surface area contributed by atoms with Crippen LogP contribution in [0, 0.1) is 0 Å². The van der Waals surface area contributed by atoms with Gasteiger partial charge in [0.2, 0.25) is 0 Å². The van der Waals surface area contributed by atoms with Crippen molar-refractivity contribution in [1.29, 1.82) is 0 Å². The van der Waals surface area contributed by atoms with E-state index in [1.807, 2.05) is 0 Å². The van der Waals surface area contributed by atoms with Gasteiger partial charge in [-0.05, 0) is 0 Å². The minimum atomic E-state index is 0. The highest BCUT2D eigenvalue weighted by Crippen LogP contribution is 0.864. The summed E-state index contributed by atoms with van der Waals surface area (Å²) in [5, 5.41) is 0. The molecule has 0 saturated carbocycles. The molecule has 0 aliphatic rings. The molecule has 1 nitrogen and oxygen atoms in total. The molecule has 0 aromatic rings. The number of rotatable bonds is 0. The summed E-state index contributed by atoms with van der Waals surface area (Å²) < 4.78 is 0. The molecule has 0 aromatic heterocycles. The molecular formula is C3H12Cl3N. The largest absolute Gasteiger partial charge is 1.00 e. The number of hydrogen-bond donors (Lipinski definition) is 1. The van der Waals surface area contributed by atoms with Crippen LogP contribution in [0.1, 0.15) is 0 Å². The number of quaternary nitrogens is 1. The van der Waals surface area contributed by atoms with Crippen LogP contribution in [0.2, 0.25) is 0 Å². The van der Waals surface area contributed by atoms with Crippen LogP contribution in [-0.2, 0) is 0 Å². The van der Waals surface area contributed by atoms with Crippen molar-refractivity contribution in [3.05, 3.63) is 0 Å². The fourth-order valence-corrected chi connectivity index (χ4v) is 0. The zero-order valence-electron chi connectivity index (χ0n) is 4.69. The van der Waals surface area contributed by atoms with Crippen LogP contribution in [-0.4, -0.2) is 21.1 Å². The van der Waals surface area contributed by atoms with Gasteiger partial charge < -0.3 is 17.3 Å². The maximum Gasteiger partial charge on any atom is 0.0661 e. The zero-order chi connectivity index (χ0) is 3.58. The summed E-state index contributed by atoms with van der Waals surface area (Å²) in [4.78, 5) is 1.42. The second-order valence-electron chi connectivity index (χ2n) is 1.50. The van der Waals surface area contributed by atoms with Gasteiger partial charge in [-0.3, -0.25) is 0 Å². The van der Waals surface area contributed by atoms with E-state index in [1.54, 1.807) is 0 Å². The minimum Gasteiger partial charge on any atom is -1.00 e. The third-order valence-electron chi connectivity index (χ3n) is 0. The Labute approximate surface area is 63.7 Å². The molecule has 0 aliphatic heterocycles. The summed E-state index contributed by atoms with van der Waals surface area (Å²) in [6.07, 6.45) is 0. The van der Waals surface area contributed by atoms with E-state index in [1.165, 1.54) is 4.90 Å².